The van der Waals surface area contributed by atoms with Crippen molar-refractivity contribution in [2.45, 2.75) is 6.67 Å². The van der Waals surface area contributed by atoms with E-state index >= 15 is 0 Å². The van der Waals surface area contributed by atoms with Gasteiger partial charge in [0, 0.05) is 5.56 Å². The second-order valence-corrected chi connectivity index (χ2v) is 6.95. The SMILES string of the molecule is COc1ccccc1N1CC[NH+](Cn2nc(-c3ccccc3)oc2=S)CC1. The molecule has 4 rings (SSSR count). The van der Waals surface area contributed by atoms with Gasteiger partial charge in [-0.2, -0.15) is 4.68 Å². The molecule has 1 aliphatic heterocycles. The Hall–Kier alpha value is -2.64. The van der Waals surface area contributed by atoms with E-state index in [4.69, 9.17) is 21.4 Å². The summed E-state index contributed by atoms with van der Waals surface area (Å²) in [7, 11) is 1.72. The van der Waals surface area contributed by atoms with Gasteiger partial charge in [-0.15, -0.1) is 5.10 Å². The first-order valence-electron chi connectivity index (χ1n) is 9.09. The van der Waals surface area contributed by atoms with E-state index in [1.165, 1.54) is 4.90 Å². The van der Waals surface area contributed by atoms with Crippen LogP contribution in [-0.2, 0) is 6.67 Å². The zero-order valence-corrected chi connectivity index (χ0v) is 16.1. The van der Waals surface area contributed by atoms with Crippen LogP contribution < -0.4 is 14.5 Å². The molecule has 2 aromatic carbocycles. The first-order valence-corrected chi connectivity index (χ1v) is 9.50. The fourth-order valence-corrected chi connectivity index (χ4v) is 3.61. The van der Waals surface area contributed by atoms with E-state index in [1.807, 2.05) is 42.5 Å². The van der Waals surface area contributed by atoms with E-state index in [9.17, 15) is 0 Å². The van der Waals surface area contributed by atoms with Crippen molar-refractivity contribution in [2.24, 2.45) is 0 Å². The van der Waals surface area contributed by atoms with Crippen LogP contribution in [0.2, 0.25) is 0 Å². The standard InChI is InChI=1S/C20H22N4O2S/c1-25-18-10-6-5-9-17(18)23-13-11-22(12-14-23)15-24-20(27)26-19(21-24)16-7-3-2-4-8-16/h2-10H,11-15H2,1H3/p+1. The van der Waals surface area contributed by atoms with Crippen molar-refractivity contribution < 1.29 is 14.1 Å². The second-order valence-electron chi connectivity index (χ2n) is 6.61. The fraction of sp³-hybridized carbons (Fsp3) is 0.300. The normalized spacial score (nSPS) is 15.1. The third-order valence-electron chi connectivity index (χ3n) is 4.90. The predicted octanol–water partition coefficient (Wildman–Crippen LogP) is 2.24. The number of piperazine rings is 1. The van der Waals surface area contributed by atoms with Gasteiger partial charge in [0.2, 0.25) is 5.89 Å². The number of nitrogens with zero attached hydrogens (tertiary/aromatic N) is 3. The number of rotatable bonds is 5. The summed E-state index contributed by atoms with van der Waals surface area (Å²) < 4.78 is 13.0. The molecule has 2 heterocycles. The molecular formula is C20H23N4O2S+. The Morgan fingerprint density at radius 3 is 2.52 bits per heavy atom. The molecule has 140 valence electrons. The molecule has 0 saturated carbocycles. The van der Waals surface area contributed by atoms with E-state index in [0.717, 1.165) is 49.8 Å². The van der Waals surface area contributed by atoms with Crippen molar-refractivity contribution in [3.63, 3.8) is 0 Å². The van der Waals surface area contributed by atoms with Gasteiger partial charge in [0.05, 0.1) is 39.0 Å². The highest BCUT2D eigenvalue weighted by Gasteiger charge is 2.23. The molecule has 0 amide bonds. The first-order chi connectivity index (χ1) is 13.2. The highest BCUT2D eigenvalue weighted by molar-refractivity contribution is 7.71. The summed E-state index contributed by atoms with van der Waals surface area (Å²) in [6.07, 6.45) is 0. The van der Waals surface area contributed by atoms with Gasteiger partial charge >= 0.3 is 0 Å². The Morgan fingerprint density at radius 1 is 1.07 bits per heavy atom. The molecule has 1 aliphatic rings. The minimum Gasteiger partial charge on any atom is -0.495 e. The van der Waals surface area contributed by atoms with E-state index < -0.39 is 0 Å². The molecule has 0 atom stereocenters. The molecule has 0 aliphatic carbocycles. The van der Waals surface area contributed by atoms with Crippen LogP contribution in [-0.4, -0.2) is 43.1 Å². The maximum absolute atomic E-state index is 5.69. The number of aromatic nitrogens is 2. The number of benzene rings is 2. The van der Waals surface area contributed by atoms with Crippen LogP contribution >= 0.6 is 12.2 Å². The lowest BCUT2D eigenvalue weighted by Crippen LogP contribution is -3.14. The maximum Gasteiger partial charge on any atom is 0.292 e. The van der Waals surface area contributed by atoms with Gasteiger partial charge in [-0.25, -0.2) is 0 Å². The van der Waals surface area contributed by atoms with Crippen molar-refractivity contribution in [3.05, 3.63) is 59.4 Å². The molecular weight excluding hydrogens is 360 g/mol. The molecule has 1 N–H and O–H groups in total. The molecule has 0 radical (unpaired) electrons. The lowest BCUT2D eigenvalue weighted by molar-refractivity contribution is -0.924. The Bertz CT molecular complexity index is 946. The lowest BCUT2D eigenvalue weighted by atomic mass is 10.2. The predicted molar refractivity (Wildman–Crippen MR) is 107 cm³/mol. The van der Waals surface area contributed by atoms with E-state index in [2.05, 4.69) is 22.1 Å². The van der Waals surface area contributed by atoms with Gasteiger partial charge in [-0.05, 0) is 36.5 Å². The Balaban J connectivity index is 1.41. The van der Waals surface area contributed by atoms with E-state index in [1.54, 1.807) is 11.8 Å². The van der Waals surface area contributed by atoms with Gasteiger partial charge in [0.15, 0.2) is 6.67 Å². The van der Waals surface area contributed by atoms with Gasteiger partial charge in [-0.1, -0.05) is 30.3 Å². The maximum atomic E-state index is 5.69. The molecule has 3 aromatic rings. The first kappa shape index (κ1) is 17.8. The van der Waals surface area contributed by atoms with Gasteiger partial charge in [0.1, 0.15) is 5.75 Å². The molecule has 0 spiro atoms. The zero-order valence-electron chi connectivity index (χ0n) is 15.3. The summed E-state index contributed by atoms with van der Waals surface area (Å²) >= 11 is 5.37. The lowest BCUT2D eigenvalue weighted by Gasteiger charge is -2.33. The van der Waals surface area contributed by atoms with Crippen LogP contribution in [0.1, 0.15) is 0 Å². The number of hydrogen-bond acceptors (Lipinski definition) is 5. The van der Waals surface area contributed by atoms with E-state index in [-0.39, 0.29) is 0 Å². The Labute approximate surface area is 163 Å². The highest BCUT2D eigenvalue weighted by atomic mass is 32.1. The number of nitrogens with one attached hydrogen (secondary N) is 1. The summed E-state index contributed by atoms with van der Waals surface area (Å²) in [6.45, 7) is 4.66. The van der Waals surface area contributed by atoms with Crippen molar-refractivity contribution in [2.75, 3.05) is 38.2 Å². The molecule has 1 saturated heterocycles. The summed E-state index contributed by atoms with van der Waals surface area (Å²) in [5.74, 6) is 1.50. The van der Waals surface area contributed by atoms with Gasteiger partial charge < -0.3 is 19.0 Å². The number of para-hydroxylation sites is 2. The molecule has 1 aromatic heterocycles. The van der Waals surface area contributed by atoms with Gasteiger partial charge in [0.25, 0.3) is 4.84 Å². The van der Waals surface area contributed by atoms with Crippen LogP contribution in [0, 0.1) is 4.84 Å². The molecule has 0 unspecified atom stereocenters. The number of ether oxygens (including phenoxy) is 1. The Morgan fingerprint density at radius 2 is 1.78 bits per heavy atom. The number of anilines is 1. The fourth-order valence-electron chi connectivity index (χ4n) is 3.43. The van der Waals surface area contributed by atoms with Crippen LogP contribution in [0.3, 0.4) is 0 Å². The summed E-state index contributed by atoms with van der Waals surface area (Å²) in [6, 6.07) is 18.0. The number of hydrogen-bond donors (Lipinski definition) is 1. The molecule has 0 bridgehead atoms. The average Bonchev–Trinajstić information content (AvgIpc) is 3.09. The van der Waals surface area contributed by atoms with Crippen LogP contribution in [0.4, 0.5) is 5.69 Å². The Kier molecular flexibility index (Phi) is 5.22. The largest absolute Gasteiger partial charge is 0.495 e. The van der Waals surface area contributed by atoms with Crippen LogP contribution in [0.25, 0.3) is 11.5 Å². The summed E-state index contributed by atoms with van der Waals surface area (Å²) in [5.41, 5.74) is 2.10. The topological polar surface area (TPSA) is 47.9 Å². The van der Waals surface area contributed by atoms with Crippen molar-refractivity contribution in [1.29, 1.82) is 0 Å². The number of quaternary nitrogens is 1. The van der Waals surface area contributed by atoms with Crippen molar-refractivity contribution in [1.82, 2.24) is 9.78 Å². The van der Waals surface area contributed by atoms with Crippen molar-refractivity contribution >= 4 is 17.9 Å². The average molecular weight is 383 g/mol. The minimum atomic E-state index is 0.425. The summed E-state index contributed by atoms with van der Waals surface area (Å²) in [4.78, 5) is 4.23. The van der Waals surface area contributed by atoms with Crippen LogP contribution in [0.5, 0.6) is 5.75 Å². The third kappa shape index (κ3) is 3.89. The third-order valence-corrected chi connectivity index (χ3v) is 5.19. The second kappa shape index (κ2) is 7.94. The molecule has 6 nitrogen and oxygen atoms in total. The van der Waals surface area contributed by atoms with E-state index in [0.29, 0.717) is 10.7 Å². The number of methoxy groups -OCH3 is 1. The zero-order chi connectivity index (χ0) is 18.6. The molecule has 1 fully saturated rings. The van der Waals surface area contributed by atoms with Gasteiger partial charge in [-0.3, -0.25) is 0 Å². The smallest absolute Gasteiger partial charge is 0.292 e. The molecule has 7 heteroatoms. The van der Waals surface area contributed by atoms with Crippen molar-refractivity contribution in [3.8, 4) is 17.2 Å². The van der Waals surface area contributed by atoms with Crippen LogP contribution in [0.15, 0.2) is 59.0 Å². The monoisotopic (exact) mass is 383 g/mol. The summed E-state index contributed by atoms with van der Waals surface area (Å²) in [5, 5.41) is 4.57. The quantitative estimate of drug-likeness (QED) is 0.685. The minimum absolute atomic E-state index is 0.425. The highest BCUT2D eigenvalue weighted by Crippen LogP contribution is 2.27. The molecule has 27 heavy (non-hydrogen) atoms.